The molecule has 1 heterocycles. The second-order valence-corrected chi connectivity index (χ2v) is 3.14. The molecule has 0 saturated heterocycles. The molecule has 15 heavy (non-hydrogen) atoms. The highest BCUT2D eigenvalue weighted by Crippen LogP contribution is 1.99. The molecule has 1 rings (SSSR count). The Morgan fingerprint density at radius 1 is 1.53 bits per heavy atom. The zero-order valence-electron chi connectivity index (χ0n) is 7.60. The molecule has 7 nitrogen and oxygen atoms in total. The van der Waals surface area contributed by atoms with Gasteiger partial charge in [-0.2, -0.15) is 0 Å². The lowest BCUT2D eigenvalue weighted by Crippen LogP contribution is -2.30. The number of nitrogens with one attached hydrogen (secondary N) is 1. The van der Waals surface area contributed by atoms with E-state index in [1.54, 1.807) is 0 Å². The number of hydrogen-bond acceptors (Lipinski definition) is 4. The number of alkyl halides is 1. The van der Waals surface area contributed by atoms with Gasteiger partial charge in [-0.25, -0.2) is 4.79 Å². The Kier molecular flexibility index (Phi) is 3.62. The summed E-state index contributed by atoms with van der Waals surface area (Å²) in [6.07, 6.45) is 1.42. The zero-order chi connectivity index (χ0) is 11.4. The first-order valence-corrected chi connectivity index (χ1v) is 4.64. The van der Waals surface area contributed by atoms with Gasteiger partial charge in [-0.15, -0.1) is 11.6 Å². The van der Waals surface area contributed by atoms with Crippen molar-refractivity contribution in [2.45, 2.75) is 13.0 Å². The topological polar surface area (TPSA) is 98.0 Å². The number of halogens is 1. The third-order valence-corrected chi connectivity index (χ3v) is 1.99. The van der Waals surface area contributed by atoms with Crippen LogP contribution in [-0.4, -0.2) is 20.4 Å². The van der Waals surface area contributed by atoms with E-state index in [9.17, 15) is 19.7 Å². The van der Waals surface area contributed by atoms with Crippen LogP contribution in [-0.2, 0) is 6.54 Å². The number of rotatable bonds is 4. The lowest BCUT2D eigenvalue weighted by atomic mass is 10.4. The van der Waals surface area contributed by atoms with E-state index in [2.05, 4.69) is 0 Å². The van der Waals surface area contributed by atoms with Gasteiger partial charge >= 0.3 is 16.9 Å². The average molecular weight is 234 g/mol. The van der Waals surface area contributed by atoms with Gasteiger partial charge in [0.1, 0.15) is 0 Å². The van der Waals surface area contributed by atoms with Crippen molar-refractivity contribution in [3.63, 3.8) is 0 Å². The highest BCUT2D eigenvalue weighted by Gasteiger charge is 2.14. The van der Waals surface area contributed by atoms with Crippen molar-refractivity contribution in [2.24, 2.45) is 0 Å². The number of hydrogen-bond donors (Lipinski definition) is 1. The molecule has 0 radical (unpaired) electrons. The van der Waals surface area contributed by atoms with Crippen LogP contribution in [0.1, 0.15) is 6.42 Å². The van der Waals surface area contributed by atoms with Gasteiger partial charge in [0, 0.05) is 12.4 Å². The van der Waals surface area contributed by atoms with Crippen LogP contribution in [0.2, 0.25) is 0 Å². The quantitative estimate of drug-likeness (QED) is 0.452. The predicted octanol–water partition coefficient (Wildman–Crippen LogP) is 0.0737. The summed E-state index contributed by atoms with van der Waals surface area (Å²) >= 11 is 5.42. The van der Waals surface area contributed by atoms with E-state index in [-0.39, 0.29) is 6.54 Å². The van der Waals surface area contributed by atoms with Crippen molar-refractivity contribution >= 4 is 17.3 Å². The van der Waals surface area contributed by atoms with Gasteiger partial charge in [-0.1, -0.05) is 0 Å². The van der Waals surface area contributed by atoms with E-state index in [0.717, 1.165) is 10.8 Å². The van der Waals surface area contributed by atoms with E-state index >= 15 is 0 Å². The molecule has 0 fully saturated rings. The number of aryl methyl sites for hydroxylation is 1. The van der Waals surface area contributed by atoms with Crippen molar-refractivity contribution < 1.29 is 4.92 Å². The van der Waals surface area contributed by atoms with E-state index in [0.29, 0.717) is 12.3 Å². The minimum Gasteiger partial charge on any atom is -0.294 e. The number of aromatic amines is 1. The highest BCUT2D eigenvalue weighted by atomic mass is 35.5. The van der Waals surface area contributed by atoms with E-state index in [4.69, 9.17) is 11.6 Å². The highest BCUT2D eigenvalue weighted by molar-refractivity contribution is 6.17. The summed E-state index contributed by atoms with van der Waals surface area (Å²) < 4.78 is 1.06. The first-order chi connectivity index (χ1) is 7.06. The first kappa shape index (κ1) is 11.4. The predicted molar refractivity (Wildman–Crippen MR) is 53.3 cm³/mol. The Balaban J connectivity index is 3.18. The fourth-order valence-electron chi connectivity index (χ4n) is 1.02. The maximum Gasteiger partial charge on any atom is 0.350 e. The number of nitrogens with zero attached hydrogens (tertiary/aromatic N) is 2. The van der Waals surface area contributed by atoms with Gasteiger partial charge < -0.3 is 0 Å². The molecule has 0 unspecified atom stereocenters. The number of H-pyrrole nitrogens is 1. The molecule has 1 aromatic rings. The van der Waals surface area contributed by atoms with Crippen LogP contribution in [0.5, 0.6) is 0 Å². The Bertz CT molecular complexity index is 478. The van der Waals surface area contributed by atoms with Crippen LogP contribution in [0.4, 0.5) is 5.69 Å². The Labute approximate surface area is 88.5 Å². The Morgan fingerprint density at radius 2 is 2.20 bits per heavy atom. The molecule has 0 amide bonds. The van der Waals surface area contributed by atoms with Gasteiger partial charge in [0.15, 0.2) is 0 Å². The van der Waals surface area contributed by atoms with Gasteiger partial charge in [-0.3, -0.25) is 24.5 Å². The van der Waals surface area contributed by atoms with Crippen LogP contribution in [0.15, 0.2) is 15.8 Å². The summed E-state index contributed by atoms with van der Waals surface area (Å²) in [5, 5.41) is 10.4. The molecule has 0 aliphatic heterocycles. The smallest absolute Gasteiger partial charge is 0.294 e. The fraction of sp³-hybridized carbons (Fsp3) is 0.429. The maximum atomic E-state index is 11.2. The second-order valence-electron chi connectivity index (χ2n) is 2.77. The standard InChI is InChI=1S/C7H8ClN3O4/c8-2-1-3-10-4-5(11(14)15)6(12)9-7(10)13/h4H,1-3H2,(H,9,12,13). The van der Waals surface area contributed by atoms with Crippen molar-refractivity contribution in [1.82, 2.24) is 9.55 Å². The van der Waals surface area contributed by atoms with Crippen molar-refractivity contribution in [3.05, 3.63) is 37.1 Å². The molecule has 0 bridgehead atoms. The van der Waals surface area contributed by atoms with Crippen LogP contribution >= 0.6 is 11.6 Å². The molecule has 0 spiro atoms. The molecule has 0 atom stereocenters. The van der Waals surface area contributed by atoms with Gasteiger partial charge in [0.05, 0.1) is 11.1 Å². The molecule has 1 N–H and O–H groups in total. The molecule has 1 aromatic heterocycles. The van der Waals surface area contributed by atoms with E-state index < -0.39 is 21.9 Å². The van der Waals surface area contributed by atoms with Crippen LogP contribution < -0.4 is 11.2 Å². The molecule has 8 heteroatoms. The zero-order valence-corrected chi connectivity index (χ0v) is 8.36. The fourth-order valence-corrected chi connectivity index (χ4v) is 1.14. The van der Waals surface area contributed by atoms with Gasteiger partial charge in [-0.05, 0) is 6.42 Å². The number of aromatic nitrogens is 2. The summed E-state index contributed by atoms with van der Waals surface area (Å²) in [6.45, 7) is 0.236. The largest absolute Gasteiger partial charge is 0.350 e. The van der Waals surface area contributed by atoms with Crippen molar-refractivity contribution in [3.8, 4) is 0 Å². The summed E-state index contributed by atoms with van der Waals surface area (Å²) in [5.74, 6) is 0.333. The Hall–Kier alpha value is -1.63. The van der Waals surface area contributed by atoms with Crippen molar-refractivity contribution in [1.29, 1.82) is 0 Å². The maximum absolute atomic E-state index is 11.2. The molecule has 0 aromatic carbocycles. The second kappa shape index (κ2) is 4.74. The third kappa shape index (κ3) is 2.66. The lowest BCUT2D eigenvalue weighted by Gasteiger charge is -2.01. The summed E-state index contributed by atoms with van der Waals surface area (Å²) in [5.41, 5.74) is -2.31. The normalized spacial score (nSPS) is 10.2. The van der Waals surface area contributed by atoms with Gasteiger partial charge in [0.2, 0.25) is 0 Å². The SMILES string of the molecule is O=c1[nH]c(=O)n(CCCCl)cc1[N+](=O)[O-]. The van der Waals surface area contributed by atoms with Crippen LogP contribution in [0.25, 0.3) is 0 Å². The minimum atomic E-state index is -0.993. The number of nitro groups is 1. The third-order valence-electron chi connectivity index (χ3n) is 1.72. The van der Waals surface area contributed by atoms with E-state index in [1.807, 2.05) is 4.98 Å². The summed E-state index contributed by atoms with van der Waals surface area (Å²) in [6, 6.07) is 0. The minimum absolute atomic E-state index is 0.236. The summed E-state index contributed by atoms with van der Waals surface area (Å²) in [4.78, 5) is 33.6. The molecule has 82 valence electrons. The average Bonchev–Trinajstić information content (AvgIpc) is 2.16. The summed E-state index contributed by atoms with van der Waals surface area (Å²) in [7, 11) is 0. The molecular formula is C7H8ClN3O4. The van der Waals surface area contributed by atoms with Crippen LogP contribution in [0, 0.1) is 10.1 Å². The van der Waals surface area contributed by atoms with Crippen molar-refractivity contribution in [2.75, 3.05) is 5.88 Å². The van der Waals surface area contributed by atoms with Gasteiger partial charge in [0.25, 0.3) is 0 Å². The molecule has 0 saturated carbocycles. The molecule has 0 aliphatic carbocycles. The van der Waals surface area contributed by atoms with Crippen LogP contribution in [0.3, 0.4) is 0 Å². The first-order valence-electron chi connectivity index (χ1n) is 4.10. The lowest BCUT2D eigenvalue weighted by molar-refractivity contribution is -0.386. The monoisotopic (exact) mass is 233 g/mol. The van der Waals surface area contributed by atoms with E-state index in [1.165, 1.54) is 0 Å². The molecular weight excluding hydrogens is 226 g/mol. The molecule has 0 aliphatic rings. The Morgan fingerprint density at radius 3 is 2.73 bits per heavy atom.